The number of rotatable bonds is 5. The summed E-state index contributed by atoms with van der Waals surface area (Å²) in [6.45, 7) is 7.53. The van der Waals surface area contributed by atoms with Crippen molar-refractivity contribution in [1.29, 1.82) is 0 Å². The molecule has 1 amide bonds. The maximum Gasteiger partial charge on any atom is 0.336 e. The van der Waals surface area contributed by atoms with Crippen LogP contribution in [0.15, 0.2) is 35.8 Å². The van der Waals surface area contributed by atoms with E-state index in [1.807, 2.05) is 39.8 Å². The normalized spacial score (nSPS) is 27.7. The van der Waals surface area contributed by atoms with Crippen LogP contribution in [0.5, 0.6) is 0 Å². The molecule has 3 N–H and O–H groups in total. The fourth-order valence-corrected chi connectivity index (χ4v) is 4.42. The average molecular weight is 391 g/mol. The molecule has 3 heterocycles. The van der Waals surface area contributed by atoms with Gasteiger partial charge in [-0.1, -0.05) is 6.92 Å². The van der Waals surface area contributed by atoms with Gasteiger partial charge in [0.15, 0.2) is 0 Å². The lowest BCUT2D eigenvalue weighted by Gasteiger charge is -2.45. The number of amides is 1. The lowest BCUT2D eigenvalue weighted by molar-refractivity contribution is -0.143. The minimum Gasteiger partial charge on any atom is -0.460 e. The number of pyridine rings is 1. The molecule has 2 aliphatic heterocycles. The zero-order valence-electron chi connectivity index (χ0n) is 16.0. The Labute approximate surface area is 163 Å². The lowest BCUT2D eigenvalue weighted by atomic mass is 9.74. The van der Waals surface area contributed by atoms with Crippen LogP contribution in [0, 0.1) is 5.92 Å². The standard InChI is InChI=1S/C19H26N4O3S/c1-5-27-19-22-16-15(17(24)23-19)14(12-6-8-20-9-7-12)13(11(4)21-16)18(25)26-10(2)3/h6-10,14-16,19,21-22H,5H2,1-4H3,(H,23,24). The monoisotopic (exact) mass is 390 g/mol. The summed E-state index contributed by atoms with van der Waals surface area (Å²) in [6, 6.07) is 3.70. The van der Waals surface area contributed by atoms with E-state index < -0.39 is 17.8 Å². The van der Waals surface area contributed by atoms with Crippen LogP contribution in [0.4, 0.5) is 0 Å². The molecule has 0 bridgehead atoms. The van der Waals surface area contributed by atoms with Crippen LogP contribution in [0.2, 0.25) is 0 Å². The van der Waals surface area contributed by atoms with Crippen LogP contribution in [0.1, 0.15) is 39.2 Å². The SMILES string of the molecule is CCSC1NC(=O)C2C(NC(C)=C(C(=O)OC(C)C)C2c2ccncc2)N1. The van der Waals surface area contributed by atoms with Gasteiger partial charge in [-0.05, 0) is 44.2 Å². The summed E-state index contributed by atoms with van der Waals surface area (Å²) in [5, 5.41) is 9.77. The van der Waals surface area contributed by atoms with Crippen molar-refractivity contribution in [3.05, 3.63) is 41.4 Å². The molecule has 4 atom stereocenters. The maximum absolute atomic E-state index is 13.0. The Kier molecular flexibility index (Phi) is 6.06. The van der Waals surface area contributed by atoms with Gasteiger partial charge in [0.05, 0.1) is 23.8 Å². The predicted molar refractivity (Wildman–Crippen MR) is 105 cm³/mol. The molecule has 4 unspecified atom stereocenters. The number of nitrogens with one attached hydrogen (secondary N) is 3. The molecule has 0 aromatic carbocycles. The molecule has 0 aliphatic carbocycles. The quantitative estimate of drug-likeness (QED) is 0.659. The van der Waals surface area contributed by atoms with Crippen molar-refractivity contribution >= 4 is 23.6 Å². The van der Waals surface area contributed by atoms with Gasteiger partial charge in [-0.2, -0.15) is 0 Å². The first-order valence-electron chi connectivity index (χ1n) is 9.18. The van der Waals surface area contributed by atoms with Crippen molar-refractivity contribution < 1.29 is 14.3 Å². The molecule has 0 saturated carbocycles. The van der Waals surface area contributed by atoms with Gasteiger partial charge in [-0.25, -0.2) is 4.79 Å². The molecule has 0 radical (unpaired) electrons. The van der Waals surface area contributed by atoms with E-state index in [1.165, 1.54) is 0 Å². The number of ether oxygens (including phenoxy) is 1. The molecule has 3 rings (SSSR count). The summed E-state index contributed by atoms with van der Waals surface area (Å²) in [4.78, 5) is 29.9. The fourth-order valence-electron chi connectivity index (χ4n) is 3.64. The molecule has 1 aromatic heterocycles. The third-order valence-corrected chi connectivity index (χ3v) is 5.59. The van der Waals surface area contributed by atoms with Crippen LogP contribution < -0.4 is 16.0 Å². The summed E-state index contributed by atoms with van der Waals surface area (Å²) < 4.78 is 5.48. The first-order valence-corrected chi connectivity index (χ1v) is 10.2. The number of nitrogens with zero attached hydrogens (tertiary/aromatic N) is 1. The van der Waals surface area contributed by atoms with Crippen LogP contribution in [0.3, 0.4) is 0 Å². The van der Waals surface area contributed by atoms with Gasteiger partial charge in [0.2, 0.25) is 5.91 Å². The third-order valence-electron chi connectivity index (χ3n) is 4.67. The van der Waals surface area contributed by atoms with Gasteiger partial charge >= 0.3 is 5.97 Å². The summed E-state index contributed by atoms with van der Waals surface area (Å²) in [5.41, 5.74) is 1.93. The Morgan fingerprint density at radius 3 is 2.63 bits per heavy atom. The zero-order chi connectivity index (χ0) is 19.6. The number of fused-ring (bicyclic) bond motifs is 1. The largest absolute Gasteiger partial charge is 0.460 e. The molecule has 27 heavy (non-hydrogen) atoms. The van der Waals surface area contributed by atoms with Crippen LogP contribution in [0.25, 0.3) is 0 Å². The fraction of sp³-hybridized carbons (Fsp3) is 0.526. The van der Waals surface area contributed by atoms with Gasteiger partial charge in [-0.3, -0.25) is 15.1 Å². The lowest BCUT2D eigenvalue weighted by Crippen LogP contribution is -2.67. The minimum atomic E-state index is -0.473. The number of aromatic nitrogens is 1. The molecule has 2 aliphatic rings. The van der Waals surface area contributed by atoms with Crippen molar-refractivity contribution in [1.82, 2.24) is 20.9 Å². The van der Waals surface area contributed by atoms with E-state index in [0.717, 1.165) is 17.0 Å². The number of carbonyl (C=O) groups is 2. The Balaban J connectivity index is 2.03. The summed E-state index contributed by atoms with van der Waals surface area (Å²) >= 11 is 1.62. The van der Waals surface area contributed by atoms with E-state index in [4.69, 9.17) is 4.74 Å². The highest BCUT2D eigenvalue weighted by molar-refractivity contribution is 7.99. The maximum atomic E-state index is 13.0. The van der Waals surface area contributed by atoms with Crippen LogP contribution >= 0.6 is 11.8 Å². The summed E-state index contributed by atoms with van der Waals surface area (Å²) in [6.07, 6.45) is 2.85. The zero-order valence-corrected chi connectivity index (χ0v) is 16.8. The van der Waals surface area contributed by atoms with Gasteiger partial charge in [0.25, 0.3) is 0 Å². The van der Waals surface area contributed by atoms with Gasteiger partial charge in [-0.15, -0.1) is 11.8 Å². The highest BCUT2D eigenvalue weighted by Crippen LogP contribution is 2.40. The number of hydrogen-bond donors (Lipinski definition) is 3. The molecule has 1 saturated heterocycles. The van der Waals surface area contributed by atoms with Crippen molar-refractivity contribution in [2.45, 2.75) is 51.4 Å². The molecule has 146 valence electrons. The molecule has 8 heteroatoms. The minimum absolute atomic E-state index is 0.0821. The molecule has 7 nitrogen and oxygen atoms in total. The average Bonchev–Trinajstić information content (AvgIpc) is 2.60. The first-order chi connectivity index (χ1) is 12.9. The molecular weight excluding hydrogens is 364 g/mol. The van der Waals surface area contributed by atoms with Crippen LogP contribution in [-0.4, -0.2) is 40.4 Å². The number of esters is 1. The van der Waals surface area contributed by atoms with E-state index in [1.54, 1.807) is 24.2 Å². The highest BCUT2D eigenvalue weighted by atomic mass is 32.2. The Hall–Kier alpha value is -2.06. The topological polar surface area (TPSA) is 92.4 Å². The van der Waals surface area contributed by atoms with Crippen molar-refractivity contribution in [3.8, 4) is 0 Å². The summed E-state index contributed by atoms with van der Waals surface area (Å²) in [5.74, 6) is -0.483. The van der Waals surface area contributed by atoms with Crippen LogP contribution in [-0.2, 0) is 14.3 Å². The summed E-state index contributed by atoms with van der Waals surface area (Å²) in [7, 11) is 0. The van der Waals surface area contributed by atoms with E-state index in [2.05, 4.69) is 20.9 Å². The van der Waals surface area contributed by atoms with E-state index in [9.17, 15) is 9.59 Å². The smallest absolute Gasteiger partial charge is 0.336 e. The second-order valence-corrected chi connectivity index (χ2v) is 8.29. The Morgan fingerprint density at radius 1 is 1.30 bits per heavy atom. The predicted octanol–water partition coefficient (Wildman–Crippen LogP) is 1.69. The number of hydrogen-bond acceptors (Lipinski definition) is 7. The molecule has 0 spiro atoms. The third kappa shape index (κ3) is 4.11. The van der Waals surface area contributed by atoms with E-state index >= 15 is 0 Å². The Bertz CT molecular complexity index is 738. The highest BCUT2D eigenvalue weighted by Gasteiger charge is 2.48. The number of thioether (sulfide) groups is 1. The second kappa shape index (κ2) is 8.31. The van der Waals surface area contributed by atoms with Gasteiger partial charge < -0.3 is 15.4 Å². The van der Waals surface area contributed by atoms with Crippen molar-refractivity contribution in [2.24, 2.45) is 5.92 Å². The van der Waals surface area contributed by atoms with Gasteiger partial charge in [0.1, 0.15) is 5.50 Å². The number of carbonyl (C=O) groups excluding carboxylic acids is 2. The molecular formula is C19H26N4O3S. The van der Waals surface area contributed by atoms with Gasteiger partial charge in [0, 0.05) is 24.0 Å². The number of allylic oxidation sites excluding steroid dienone is 1. The second-order valence-electron chi connectivity index (χ2n) is 6.91. The first kappa shape index (κ1) is 19.7. The Morgan fingerprint density at radius 2 is 2.00 bits per heavy atom. The molecule has 1 aromatic rings. The van der Waals surface area contributed by atoms with E-state index in [0.29, 0.717) is 5.57 Å². The van der Waals surface area contributed by atoms with E-state index in [-0.39, 0.29) is 23.7 Å². The van der Waals surface area contributed by atoms with Crippen molar-refractivity contribution in [2.75, 3.05) is 5.75 Å². The van der Waals surface area contributed by atoms with Crippen molar-refractivity contribution in [3.63, 3.8) is 0 Å². The molecule has 1 fully saturated rings.